The van der Waals surface area contributed by atoms with Gasteiger partial charge in [-0.2, -0.15) is 0 Å². The quantitative estimate of drug-likeness (QED) is 0.709. The third kappa shape index (κ3) is 5.84. The zero-order valence-electron chi connectivity index (χ0n) is 16.0. The van der Waals surface area contributed by atoms with Crippen LogP contribution in [-0.2, 0) is 11.3 Å². The lowest BCUT2D eigenvalue weighted by molar-refractivity contribution is -0.139. The highest BCUT2D eigenvalue weighted by Gasteiger charge is 2.32. The second-order valence-corrected chi connectivity index (χ2v) is 7.48. The molecule has 1 saturated heterocycles. The van der Waals surface area contributed by atoms with Crippen LogP contribution in [0, 0.1) is 5.82 Å². The maximum absolute atomic E-state index is 13.1. The Bertz CT molecular complexity index is 771. The fourth-order valence-electron chi connectivity index (χ4n) is 3.35. The number of nitrogens with zero attached hydrogens (tertiary/aromatic N) is 2. The second kappa shape index (κ2) is 10.1. The topological polar surface area (TPSA) is 32.8 Å². The van der Waals surface area contributed by atoms with Crippen LogP contribution in [0.5, 0.6) is 5.75 Å². The second-order valence-electron chi connectivity index (χ2n) is 7.04. The normalized spacial score (nSPS) is 19.8. The van der Waals surface area contributed by atoms with E-state index in [2.05, 4.69) is 11.8 Å². The largest absolute Gasteiger partial charge is 0.484 e. The minimum absolute atomic E-state index is 0. The number of benzene rings is 2. The molecule has 1 aliphatic heterocycles. The van der Waals surface area contributed by atoms with Crippen molar-refractivity contribution in [1.29, 1.82) is 0 Å². The molecule has 0 unspecified atom stereocenters. The predicted molar refractivity (Wildman–Crippen MR) is 112 cm³/mol. The highest BCUT2D eigenvalue weighted by atomic mass is 35.5. The number of rotatable bonds is 5. The van der Waals surface area contributed by atoms with E-state index in [-0.39, 0.29) is 42.8 Å². The molecule has 1 aliphatic rings. The summed E-state index contributed by atoms with van der Waals surface area (Å²) in [5, 5.41) is 0.633. The van der Waals surface area contributed by atoms with Gasteiger partial charge in [0.05, 0.1) is 0 Å². The molecule has 2 atom stereocenters. The summed E-state index contributed by atoms with van der Waals surface area (Å²) in [4.78, 5) is 16.8. The van der Waals surface area contributed by atoms with Crippen molar-refractivity contribution in [1.82, 2.24) is 9.80 Å². The van der Waals surface area contributed by atoms with Crippen molar-refractivity contribution in [3.8, 4) is 5.75 Å². The van der Waals surface area contributed by atoms with Crippen LogP contribution in [0.3, 0.4) is 0 Å². The van der Waals surface area contributed by atoms with Crippen LogP contribution in [0.25, 0.3) is 0 Å². The number of hydrogen-bond donors (Lipinski definition) is 0. The van der Waals surface area contributed by atoms with Crippen LogP contribution >= 0.6 is 24.0 Å². The lowest BCUT2D eigenvalue weighted by Crippen LogP contribution is -2.58. The molecule has 4 nitrogen and oxygen atoms in total. The van der Waals surface area contributed by atoms with Crippen LogP contribution < -0.4 is 4.74 Å². The van der Waals surface area contributed by atoms with Crippen molar-refractivity contribution in [3.63, 3.8) is 0 Å². The van der Waals surface area contributed by atoms with Crippen LogP contribution in [0.4, 0.5) is 4.39 Å². The van der Waals surface area contributed by atoms with Gasteiger partial charge in [-0.1, -0.05) is 23.7 Å². The lowest BCUT2D eigenvalue weighted by Gasteiger charge is -2.44. The first kappa shape index (κ1) is 22.5. The summed E-state index contributed by atoms with van der Waals surface area (Å²) in [6.07, 6.45) is 0. The molecule has 1 heterocycles. The van der Waals surface area contributed by atoms with E-state index < -0.39 is 0 Å². The number of amides is 1. The van der Waals surface area contributed by atoms with Gasteiger partial charge in [-0.3, -0.25) is 9.69 Å². The first-order chi connectivity index (χ1) is 12.9. The van der Waals surface area contributed by atoms with Gasteiger partial charge in [-0.25, -0.2) is 4.39 Å². The minimum Gasteiger partial charge on any atom is -0.484 e. The van der Waals surface area contributed by atoms with E-state index in [1.54, 1.807) is 24.3 Å². The van der Waals surface area contributed by atoms with Gasteiger partial charge in [-0.15, -0.1) is 12.4 Å². The predicted octanol–water partition coefficient (Wildman–Crippen LogP) is 4.40. The molecule has 0 bridgehead atoms. The van der Waals surface area contributed by atoms with Crippen molar-refractivity contribution >= 4 is 29.9 Å². The average molecular weight is 427 g/mol. The molecule has 0 aliphatic carbocycles. The summed E-state index contributed by atoms with van der Waals surface area (Å²) in [7, 11) is 0. The lowest BCUT2D eigenvalue weighted by atomic mass is 10.1. The van der Waals surface area contributed by atoms with Crippen LogP contribution in [0.15, 0.2) is 48.5 Å². The van der Waals surface area contributed by atoms with Crippen molar-refractivity contribution in [2.45, 2.75) is 32.5 Å². The van der Waals surface area contributed by atoms with Gasteiger partial charge in [0.1, 0.15) is 11.6 Å². The Morgan fingerprint density at radius 2 is 1.71 bits per heavy atom. The van der Waals surface area contributed by atoms with Crippen molar-refractivity contribution in [3.05, 3.63) is 64.9 Å². The monoisotopic (exact) mass is 426 g/mol. The van der Waals surface area contributed by atoms with Gasteiger partial charge < -0.3 is 9.64 Å². The SMILES string of the molecule is C[C@H]1CN(C(=O)COc2ccc(Cl)cc2)[C@@H](C)CN1Cc1ccc(F)cc1.Cl. The number of hydrogen-bond acceptors (Lipinski definition) is 3. The Balaban J connectivity index is 0.00000280. The number of carbonyl (C=O) groups excluding carboxylic acids is 1. The molecular formula is C21H25Cl2FN2O2. The van der Waals surface area contributed by atoms with Crippen LogP contribution in [0.1, 0.15) is 19.4 Å². The fraction of sp³-hybridized carbons (Fsp3) is 0.381. The van der Waals surface area contributed by atoms with Crippen molar-refractivity contribution < 1.29 is 13.9 Å². The molecular weight excluding hydrogens is 402 g/mol. The number of ether oxygens (including phenoxy) is 1. The Hall–Kier alpha value is -1.82. The van der Waals surface area contributed by atoms with Gasteiger partial charge in [0, 0.05) is 36.7 Å². The van der Waals surface area contributed by atoms with Gasteiger partial charge >= 0.3 is 0 Å². The highest BCUT2D eigenvalue weighted by Crippen LogP contribution is 2.20. The van der Waals surface area contributed by atoms with Gasteiger partial charge in [-0.05, 0) is 55.8 Å². The third-order valence-corrected chi connectivity index (χ3v) is 5.16. The molecule has 1 amide bonds. The molecule has 0 aromatic heterocycles. The molecule has 7 heteroatoms. The summed E-state index contributed by atoms with van der Waals surface area (Å²) < 4.78 is 18.7. The summed E-state index contributed by atoms with van der Waals surface area (Å²) in [6, 6.07) is 13.9. The summed E-state index contributed by atoms with van der Waals surface area (Å²) in [5.41, 5.74) is 1.07. The molecule has 0 N–H and O–H groups in total. The van der Waals surface area contributed by atoms with Crippen molar-refractivity contribution in [2.75, 3.05) is 19.7 Å². The Morgan fingerprint density at radius 1 is 1.07 bits per heavy atom. The van der Waals surface area contributed by atoms with E-state index in [1.807, 2.05) is 24.0 Å². The molecule has 3 rings (SSSR count). The molecule has 0 radical (unpaired) electrons. The molecule has 0 spiro atoms. The number of piperazine rings is 1. The summed E-state index contributed by atoms with van der Waals surface area (Å²) in [5.74, 6) is 0.380. The fourth-order valence-corrected chi connectivity index (χ4v) is 3.48. The maximum Gasteiger partial charge on any atom is 0.260 e. The van der Waals surface area contributed by atoms with E-state index in [9.17, 15) is 9.18 Å². The zero-order chi connectivity index (χ0) is 19.4. The highest BCUT2D eigenvalue weighted by molar-refractivity contribution is 6.30. The van der Waals surface area contributed by atoms with Crippen LogP contribution in [0.2, 0.25) is 5.02 Å². The molecule has 28 heavy (non-hydrogen) atoms. The Labute approximate surface area is 176 Å². The third-order valence-electron chi connectivity index (χ3n) is 4.91. The average Bonchev–Trinajstić information content (AvgIpc) is 2.65. The Kier molecular flexibility index (Phi) is 8.10. The van der Waals surface area contributed by atoms with Gasteiger partial charge in [0.15, 0.2) is 6.61 Å². The van der Waals surface area contributed by atoms with E-state index >= 15 is 0 Å². The minimum atomic E-state index is -0.226. The zero-order valence-corrected chi connectivity index (χ0v) is 17.5. The first-order valence-electron chi connectivity index (χ1n) is 9.08. The summed E-state index contributed by atoms with van der Waals surface area (Å²) in [6.45, 7) is 6.32. The molecule has 2 aromatic rings. The smallest absolute Gasteiger partial charge is 0.260 e. The maximum atomic E-state index is 13.1. The van der Waals surface area contributed by atoms with Gasteiger partial charge in [0.25, 0.3) is 5.91 Å². The van der Waals surface area contributed by atoms with E-state index in [1.165, 1.54) is 12.1 Å². The first-order valence-corrected chi connectivity index (χ1v) is 9.46. The van der Waals surface area contributed by atoms with Gasteiger partial charge in [0.2, 0.25) is 0 Å². The Morgan fingerprint density at radius 3 is 2.36 bits per heavy atom. The number of halogens is 3. The van der Waals surface area contributed by atoms with E-state index in [0.29, 0.717) is 17.3 Å². The number of carbonyl (C=O) groups is 1. The molecule has 2 aromatic carbocycles. The molecule has 152 valence electrons. The summed E-state index contributed by atoms with van der Waals surface area (Å²) >= 11 is 5.86. The molecule has 1 fully saturated rings. The standard InChI is InChI=1S/C21H24ClFN2O2.ClH/c1-15-12-25(21(26)14-27-20-9-5-18(22)6-10-20)16(2)11-24(15)13-17-3-7-19(23)8-4-17;/h3-10,15-16H,11-14H2,1-2H3;1H/t15-,16-;/m0./s1. The van der Waals surface area contributed by atoms with Crippen LogP contribution in [-0.4, -0.2) is 47.5 Å². The van der Waals surface area contributed by atoms with E-state index in [4.69, 9.17) is 16.3 Å². The van der Waals surface area contributed by atoms with E-state index in [0.717, 1.165) is 18.7 Å². The molecule has 0 saturated carbocycles. The van der Waals surface area contributed by atoms with Crippen molar-refractivity contribution in [2.24, 2.45) is 0 Å².